The number of carbonyl (C=O) groups excluding carboxylic acids is 2. The normalized spacial score (nSPS) is 13.7. The molecule has 0 aliphatic rings. The molecule has 2 atom stereocenters. The Morgan fingerprint density at radius 1 is 0.566 bits per heavy atom. The average Bonchev–Trinajstić information content (AvgIpc) is 3.14. The maximum absolute atomic E-state index is 12.6. The summed E-state index contributed by atoms with van der Waals surface area (Å²) in [5, 5.41) is 0. The highest BCUT2D eigenvalue weighted by atomic mass is 31.2. The van der Waals surface area contributed by atoms with Gasteiger partial charge >= 0.3 is 19.8 Å². The number of hydrogen-bond acceptors (Lipinski definition) is 8. The summed E-state index contributed by atoms with van der Waals surface area (Å²) < 4.78 is 32.7. The summed E-state index contributed by atoms with van der Waals surface area (Å²) in [5.41, 5.74) is 5.34. The summed E-state index contributed by atoms with van der Waals surface area (Å²) in [5.74, 6) is -0.848. The van der Waals surface area contributed by atoms with Gasteiger partial charge in [0, 0.05) is 19.4 Å². The number of carbonyl (C=O) groups is 2. The predicted molar refractivity (Wildman–Crippen MR) is 220 cm³/mol. The van der Waals surface area contributed by atoms with Gasteiger partial charge in [-0.3, -0.25) is 18.6 Å². The fourth-order valence-corrected chi connectivity index (χ4v) is 6.54. The van der Waals surface area contributed by atoms with E-state index in [1.165, 1.54) is 89.9 Å². The Kier molecular flexibility index (Phi) is 38.6. The third-order valence-corrected chi connectivity index (χ3v) is 9.98. The molecule has 10 heteroatoms. The summed E-state index contributed by atoms with van der Waals surface area (Å²) in [4.78, 5) is 34.8. The van der Waals surface area contributed by atoms with Crippen LogP contribution in [0.1, 0.15) is 194 Å². The van der Waals surface area contributed by atoms with Gasteiger partial charge in [-0.25, -0.2) is 4.57 Å². The van der Waals surface area contributed by atoms with E-state index in [0.29, 0.717) is 12.8 Å². The molecule has 0 bridgehead atoms. The lowest BCUT2D eigenvalue weighted by Crippen LogP contribution is -2.29. The fraction of sp³-hybridized carbons (Fsp3) is 0.814. The van der Waals surface area contributed by atoms with Crippen molar-refractivity contribution in [3.8, 4) is 0 Å². The van der Waals surface area contributed by atoms with E-state index in [-0.39, 0.29) is 32.6 Å². The molecule has 0 aliphatic heterocycles. The zero-order chi connectivity index (χ0) is 38.9. The van der Waals surface area contributed by atoms with Crippen molar-refractivity contribution >= 4 is 19.8 Å². The quantitative estimate of drug-likeness (QED) is 0.0270. The molecule has 0 fully saturated rings. The standard InChI is InChI=1S/C43H80NO8P/c1-3-5-7-9-11-13-15-17-19-20-22-24-26-28-30-32-34-36-43(46)52-41(40-51-53(47,48)50-38-37-44)39-49-42(45)35-33-31-29-27-25-23-21-18-16-14-12-10-8-6-4-2/h12,14,17-19,21,41H,3-11,13,15-16,20,22-40,44H2,1-2H3,(H,47,48)/b14-12-,19-17-,21-18-/t41-/m1/s1. The zero-order valence-electron chi connectivity index (χ0n) is 34.0. The number of phosphoric ester groups is 1. The lowest BCUT2D eigenvalue weighted by molar-refractivity contribution is -0.161. The molecule has 3 N–H and O–H groups in total. The second kappa shape index (κ2) is 39.9. The molecule has 0 amide bonds. The largest absolute Gasteiger partial charge is 0.472 e. The van der Waals surface area contributed by atoms with Crippen LogP contribution in [0.5, 0.6) is 0 Å². The molecule has 0 spiro atoms. The Bertz CT molecular complexity index is 970. The lowest BCUT2D eigenvalue weighted by Gasteiger charge is -2.19. The smallest absolute Gasteiger partial charge is 0.462 e. The van der Waals surface area contributed by atoms with Gasteiger partial charge in [0.15, 0.2) is 6.10 Å². The van der Waals surface area contributed by atoms with Gasteiger partial charge in [0.05, 0.1) is 13.2 Å². The van der Waals surface area contributed by atoms with E-state index in [2.05, 4.69) is 50.3 Å². The Balaban J connectivity index is 4.18. The summed E-state index contributed by atoms with van der Waals surface area (Å²) >= 11 is 0. The van der Waals surface area contributed by atoms with Crippen molar-refractivity contribution in [2.75, 3.05) is 26.4 Å². The molecule has 0 aromatic rings. The molecule has 0 aliphatic carbocycles. The van der Waals surface area contributed by atoms with Gasteiger partial charge in [0.25, 0.3) is 0 Å². The number of phosphoric acid groups is 1. The molecule has 53 heavy (non-hydrogen) atoms. The molecule has 0 saturated carbocycles. The van der Waals surface area contributed by atoms with E-state index in [1.54, 1.807) is 0 Å². The van der Waals surface area contributed by atoms with Crippen LogP contribution in [0.2, 0.25) is 0 Å². The van der Waals surface area contributed by atoms with Gasteiger partial charge in [-0.05, 0) is 70.6 Å². The predicted octanol–water partition coefficient (Wildman–Crippen LogP) is 12.2. The van der Waals surface area contributed by atoms with Gasteiger partial charge in [0.1, 0.15) is 6.61 Å². The first-order chi connectivity index (χ1) is 25.8. The van der Waals surface area contributed by atoms with Crippen LogP contribution >= 0.6 is 7.82 Å². The van der Waals surface area contributed by atoms with E-state index in [1.807, 2.05) is 0 Å². The molecule has 310 valence electrons. The van der Waals surface area contributed by atoms with Crippen LogP contribution in [0.3, 0.4) is 0 Å². The zero-order valence-corrected chi connectivity index (χ0v) is 34.9. The number of unbranched alkanes of at least 4 members (excludes halogenated alkanes) is 21. The summed E-state index contributed by atoms with van der Waals surface area (Å²) in [6.07, 6.45) is 43.1. The van der Waals surface area contributed by atoms with Crippen molar-refractivity contribution in [1.82, 2.24) is 0 Å². The lowest BCUT2D eigenvalue weighted by atomic mass is 10.1. The fourth-order valence-electron chi connectivity index (χ4n) is 5.78. The Morgan fingerprint density at radius 3 is 1.49 bits per heavy atom. The summed E-state index contributed by atoms with van der Waals surface area (Å²) in [7, 11) is -4.38. The maximum Gasteiger partial charge on any atom is 0.472 e. The van der Waals surface area contributed by atoms with Gasteiger partial charge in [-0.2, -0.15) is 0 Å². The van der Waals surface area contributed by atoms with Crippen LogP contribution in [-0.2, 0) is 32.7 Å². The highest BCUT2D eigenvalue weighted by Gasteiger charge is 2.26. The third kappa shape index (κ3) is 39.7. The van der Waals surface area contributed by atoms with E-state index in [9.17, 15) is 19.0 Å². The SMILES string of the molecule is CCCCC/C=C\C/C=C\CCCCCCCC(=O)OC[C@H](COP(=O)(O)OCCN)OC(=O)CCCCCCCCC/C=C\CCCCCCCC. The summed E-state index contributed by atoms with van der Waals surface area (Å²) in [6, 6.07) is 0. The molecule has 0 heterocycles. The van der Waals surface area contributed by atoms with Crippen molar-refractivity contribution in [3.63, 3.8) is 0 Å². The van der Waals surface area contributed by atoms with Crippen LogP contribution in [0.4, 0.5) is 0 Å². The minimum absolute atomic E-state index is 0.0504. The van der Waals surface area contributed by atoms with Crippen molar-refractivity contribution < 1.29 is 37.6 Å². The third-order valence-electron chi connectivity index (χ3n) is 9.00. The minimum Gasteiger partial charge on any atom is -0.462 e. The van der Waals surface area contributed by atoms with E-state index < -0.39 is 32.5 Å². The van der Waals surface area contributed by atoms with Crippen molar-refractivity contribution in [2.24, 2.45) is 5.73 Å². The number of rotatable bonds is 40. The van der Waals surface area contributed by atoms with Crippen LogP contribution in [0.15, 0.2) is 36.5 Å². The number of allylic oxidation sites excluding steroid dienone is 6. The topological polar surface area (TPSA) is 134 Å². The molecule has 0 radical (unpaired) electrons. The monoisotopic (exact) mass is 770 g/mol. The van der Waals surface area contributed by atoms with E-state index in [4.69, 9.17) is 24.3 Å². The molecule has 9 nitrogen and oxygen atoms in total. The average molecular weight is 770 g/mol. The van der Waals surface area contributed by atoms with Gasteiger partial charge in [0.2, 0.25) is 0 Å². The maximum atomic E-state index is 12.6. The van der Waals surface area contributed by atoms with Crippen molar-refractivity contribution in [3.05, 3.63) is 36.5 Å². The minimum atomic E-state index is -4.38. The first-order valence-corrected chi connectivity index (χ1v) is 23.0. The number of esters is 2. The van der Waals surface area contributed by atoms with Crippen LogP contribution < -0.4 is 5.73 Å². The van der Waals surface area contributed by atoms with Gasteiger partial charge < -0.3 is 20.1 Å². The van der Waals surface area contributed by atoms with E-state index >= 15 is 0 Å². The highest BCUT2D eigenvalue weighted by Crippen LogP contribution is 2.43. The molecular formula is C43H80NO8P. The first-order valence-electron chi connectivity index (χ1n) is 21.5. The Labute approximate surface area is 324 Å². The number of ether oxygens (including phenoxy) is 2. The first kappa shape index (κ1) is 51.2. The molecule has 0 saturated heterocycles. The van der Waals surface area contributed by atoms with E-state index in [0.717, 1.165) is 64.2 Å². The number of nitrogens with two attached hydrogens (primary N) is 1. The van der Waals surface area contributed by atoms with Crippen LogP contribution in [0, 0.1) is 0 Å². The van der Waals surface area contributed by atoms with Gasteiger partial charge in [-0.15, -0.1) is 0 Å². The molecule has 1 unspecified atom stereocenters. The van der Waals surface area contributed by atoms with Crippen LogP contribution in [0.25, 0.3) is 0 Å². The molecule has 0 aromatic heterocycles. The van der Waals surface area contributed by atoms with Crippen molar-refractivity contribution in [2.45, 2.75) is 200 Å². The Hall–Kier alpha value is -1.77. The Morgan fingerprint density at radius 2 is 0.981 bits per heavy atom. The molecule has 0 aromatic carbocycles. The molecule has 0 rings (SSSR count). The summed E-state index contributed by atoms with van der Waals surface area (Å²) in [6.45, 7) is 3.68. The van der Waals surface area contributed by atoms with Crippen molar-refractivity contribution in [1.29, 1.82) is 0 Å². The van der Waals surface area contributed by atoms with Crippen LogP contribution in [-0.4, -0.2) is 49.3 Å². The second-order valence-electron chi connectivity index (χ2n) is 14.2. The molecular weight excluding hydrogens is 689 g/mol. The second-order valence-corrected chi connectivity index (χ2v) is 15.7. The number of hydrogen-bond donors (Lipinski definition) is 2. The highest BCUT2D eigenvalue weighted by molar-refractivity contribution is 7.47. The van der Waals surface area contributed by atoms with Gasteiger partial charge in [-0.1, -0.05) is 147 Å².